The summed E-state index contributed by atoms with van der Waals surface area (Å²) in [5, 5.41) is 77.2. The summed E-state index contributed by atoms with van der Waals surface area (Å²) in [5.41, 5.74) is -1.05. The summed E-state index contributed by atoms with van der Waals surface area (Å²) < 4.78 is 15.0. The van der Waals surface area contributed by atoms with Crippen molar-refractivity contribution in [2.45, 2.75) is 227 Å². The van der Waals surface area contributed by atoms with E-state index >= 15 is 20.1 Å². The van der Waals surface area contributed by atoms with Gasteiger partial charge in [-0.2, -0.15) is 0 Å². The molecule has 0 aromatic heterocycles. The molecule has 0 amide bonds. The predicted octanol–water partition coefficient (Wildman–Crippen LogP) is 12.8. The predicted molar refractivity (Wildman–Crippen MR) is 366 cm³/mol. The number of aliphatic hydroxyl groups is 5. The molecule has 506 valence electrons. The Kier molecular flexibility index (Phi) is 14.2. The Labute approximate surface area is 569 Å². The zero-order valence-electron chi connectivity index (χ0n) is 56.8. The molecule has 1 saturated heterocycles. The van der Waals surface area contributed by atoms with E-state index < -0.39 is 74.3 Å². The Morgan fingerprint density at radius 3 is 2.28 bits per heavy atom. The van der Waals surface area contributed by atoms with Gasteiger partial charge in [-0.05, 0) is 283 Å². The molecule has 28 unspecified atom stereocenters. The van der Waals surface area contributed by atoms with Crippen LogP contribution in [0.5, 0.6) is 0 Å². The molecule has 0 radical (unpaired) electrons. The molecule has 12 fully saturated rings. The fraction of sp³-hybridized carbons (Fsp3) is 0.651. The molecule has 3 heterocycles. The van der Waals surface area contributed by atoms with E-state index in [1.165, 1.54) is 35.0 Å². The van der Waals surface area contributed by atoms with Gasteiger partial charge in [0.05, 0.1) is 35.9 Å². The van der Waals surface area contributed by atoms with Crippen LogP contribution in [-0.2, 0) is 51.4 Å². The van der Waals surface area contributed by atoms with Gasteiger partial charge in [0.2, 0.25) is 0 Å². The number of rotatable bonds is 6. The van der Waals surface area contributed by atoms with Gasteiger partial charge in [0, 0.05) is 57.6 Å². The molecule has 10 nitrogen and oxygen atoms in total. The summed E-state index contributed by atoms with van der Waals surface area (Å²) in [7, 11) is 1.98. The second-order valence-corrected chi connectivity index (χ2v) is 35.8. The van der Waals surface area contributed by atoms with Crippen LogP contribution in [0.4, 0.5) is 0 Å². The molecule has 20 rings (SSSR count). The van der Waals surface area contributed by atoms with Crippen LogP contribution in [0.1, 0.15) is 187 Å². The van der Waals surface area contributed by atoms with Crippen LogP contribution in [0.25, 0.3) is 0 Å². The van der Waals surface area contributed by atoms with Crippen molar-refractivity contribution < 1.29 is 44.6 Å². The Balaban J connectivity index is 0.823. The summed E-state index contributed by atoms with van der Waals surface area (Å²) in [4.78, 5) is 31.0. The molecule has 96 heavy (non-hydrogen) atoms. The SMILES string of the molecule is CNC1Cc2c(cccc2CO)C#CC2(CCC(Cc3ccccc3)C2)CC23CCC4C5(C=O)CC67C8CC9CC(c%10ccccc%10)CCC96CCC8C6Cc8cccc(c8)CC8CCC(C8)C(C)C8CCC(C7O6)C5(O)C(C8)C(O)C4(O)C2(O)CC2CC1C1OC(=O)C=C1C23. The Morgan fingerprint density at radius 1 is 0.698 bits per heavy atom. The number of hydrogen-bond acceptors (Lipinski definition) is 10. The maximum Gasteiger partial charge on any atom is 0.331 e. The summed E-state index contributed by atoms with van der Waals surface area (Å²) in [6, 6.07) is 37.4. The summed E-state index contributed by atoms with van der Waals surface area (Å²) in [6.07, 6.45) is 20.2. The lowest BCUT2D eigenvalue weighted by Gasteiger charge is -2.78. The second-order valence-electron chi connectivity index (χ2n) is 35.8. The topological polar surface area (TPSA) is 166 Å². The second kappa shape index (κ2) is 22.0. The molecule has 10 heteroatoms. The van der Waals surface area contributed by atoms with E-state index in [1.54, 1.807) is 6.08 Å². The quantitative estimate of drug-likeness (QED) is 0.0622. The summed E-state index contributed by atoms with van der Waals surface area (Å²) in [5.74, 6) is 7.20. The maximum absolute atomic E-state index is 16.5. The lowest BCUT2D eigenvalue weighted by molar-refractivity contribution is -0.405. The van der Waals surface area contributed by atoms with Crippen molar-refractivity contribution in [2.24, 2.45) is 110 Å². The van der Waals surface area contributed by atoms with Crippen LogP contribution in [0.15, 0.2) is 115 Å². The number of fused-ring (bicyclic) bond motifs is 12. The molecule has 28 atom stereocenters. The van der Waals surface area contributed by atoms with Gasteiger partial charge in [0.1, 0.15) is 23.6 Å². The van der Waals surface area contributed by atoms with Crippen molar-refractivity contribution in [3.05, 3.63) is 154 Å². The number of hydrogen-bond donors (Lipinski definition) is 6. The third-order valence-corrected chi connectivity index (χ3v) is 33.0. The molecule has 13 aliphatic carbocycles. The zero-order chi connectivity index (χ0) is 65.1. The van der Waals surface area contributed by atoms with E-state index in [9.17, 15) is 15.0 Å². The van der Waals surface area contributed by atoms with Crippen LogP contribution in [-0.4, -0.2) is 92.1 Å². The number of nitrogens with one attached hydrogen (secondary N) is 1. The molecule has 3 aliphatic heterocycles. The minimum atomic E-state index is -2.27. The highest BCUT2D eigenvalue weighted by atomic mass is 16.5. The first-order valence-electron chi connectivity index (χ1n) is 38.5. The smallest absolute Gasteiger partial charge is 0.331 e. The van der Waals surface area contributed by atoms with E-state index in [0.29, 0.717) is 75.0 Å². The third-order valence-electron chi connectivity index (χ3n) is 33.0. The normalized spacial score (nSPS) is 49.4. The number of aldehydes is 1. The molecule has 4 aromatic rings. The van der Waals surface area contributed by atoms with Gasteiger partial charge in [0.15, 0.2) is 0 Å². The lowest BCUT2D eigenvalue weighted by Crippen LogP contribution is -2.88. The minimum Gasteiger partial charge on any atom is -0.454 e. The zero-order valence-corrected chi connectivity index (χ0v) is 56.8. The van der Waals surface area contributed by atoms with Crippen molar-refractivity contribution in [3.8, 4) is 11.8 Å². The fourth-order valence-corrected chi connectivity index (χ4v) is 29.6. The van der Waals surface area contributed by atoms with E-state index in [-0.39, 0.29) is 84.1 Å². The van der Waals surface area contributed by atoms with Crippen LogP contribution < -0.4 is 5.32 Å². The third kappa shape index (κ3) is 8.20. The van der Waals surface area contributed by atoms with Gasteiger partial charge in [-0.25, -0.2) is 4.79 Å². The van der Waals surface area contributed by atoms with Crippen LogP contribution in [0.2, 0.25) is 0 Å². The number of esters is 1. The van der Waals surface area contributed by atoms with Gasteiger partial charge < -0.3 is 45.1 Å². The first kappa shape index (κ1) is 62.1. The Morgan fingerprint density at radius 2 is 1.47 bits per heavy atom. The first-order chi connectivity index (χ1) is 46.5. The standard InChI is InChI=1S/C86H103NO9/c1-50-58-20-19-54(36-58)35-52-13-9-14-53(34-52)37-72-64-26-31-80-30-25-60(56-15-7-4-8-16-56)38-63(80)41-69(64)83(80)48-82(49-89)73-27-32-81-47-79(28-23-55(44-79)33-51-11-5-3-6-12-51)29-24-57-17-10-18-61(46-88)65(57)42-71(87-2)66-39-62(75(81)67-43-74(90)96-76(66)67)45-84(81,92)86(73,94)77(91)70-40-59(50)21-22-68(78(83)95-72)85(70,82)93/h3-18,34,43,49-50,54-55,58-60,62-64,66,68-73,75-78,87-88,91-94H,19-23,25-28,30-33,35-42,44-48H2,1-2H3. The summed E-state index contributed by atoms with van der Waals surface area (Å²) in [6.45, 7) is 2.33. The number of carbonyl (C=O) groups excluding carboxylic acids is 2. The number of aliphatic hydroxyl groups excluding tert-OH is 2. The number of benzene rings is 4. The van der Waals surface area contributed by atoms with Gasteiger partial charge >= 0.3 is 5.97 Å². The molecule has 16 bridgehead atoms. The van der Waals surface area contributed by atoms with Crippen LogP contribution in [0, 0.1) is 122 Å². The van der Waals surface area contributed by atoms with E-state index in [1.807, 2.05) is 19.2 Å². The lowest BCUT2D eigenvalue weighted by atomic mass is 9.29. The average molecular weight is 1290 g/mol. The van der Waals surface area contributed by atoms with Crippen molar-refractivity contribution in [1.29, 1.82) is 0 Å². The van der Waals surface area contributed by atoms with Crippen LogP contribution >= 0.6 is 0 Å². The highest BCUT2D eigenvalue weighted by molar-refractivity contribution is 5.86. The minimum absolute atomic E-state index is 0.0682. The van der Waals surface area contributed by atoms with Crippen molar-refractivity contribution in [1.82, 2.24) is 5.32 Å². The highest BCUT2D eigenvalue weighted by Gasteiger charge is 2.90. The molecule has 16 aliphatic rings. The van der Waals surface area contributed by atoms with Crippen molar-refractivity contribution in [3.63, 3.8) is 0 Å². The Hall–Kier alpha value is -4.96. The number of carbonyl (C=O) groups is 2. The molecule has 4 aromatic carbocycles. The van der Waals surface area contributed by atoms with E-state index in [0.717, 1.165) is 119 Å². The van der Waals surface area contributed by atoms with Gasteiger partial charge in [-0.1, -0.05) is 116 Å². The Bertz CT molecular complexity index is 3860. The average Bonchev–Trinajstić information content (AvgIpc) is 1.21. The highest BCUT2D eigenvalue weighted by Crippen LogP contribution is 2.86. The number of likely N-dealkylation sites (N-methyl/N-ethyl adjacent to an activating group) is 1. The number of ether oxygens (including phenoxy) is 2. The van der Waals surface area contributed by atoms with Crippen LogP contribution in [0.3, 0.4) is 0 Å². The monoisotopic (exact) mass is 1290 g/mol. The summed E-state index contributed by atoms with van der Waals surface area (Å²) >= 11 is 0. The van der Waals surface area contributed by atoms with Gasteiger partial charge in [-0.15, -0.1) is 0 Å². The van der Waals surface area contributed by atoms with Crippen molar-refractivity contribution >= 4 is 12.3 Å². The maximum atomic E-state index is 16.5. The largest absolute Gasteiger partial charge is 0.454 e. The molecule has 4 spiro atoms. The fourth-order valence-electron chi connectivity index (χ4n) is 29.6. The van der Waals surface area contributed by atoms with Crippen molar-refractivity contribution in [2.75, 3.05) is 7.05 Å². The van der Waals surface area contributed by atoms with E-state index in [4.69, 9.17) is 9.47 Å². The molecular formula is C86H103NO9. The first-order valence-corrected chi connectivity index (χ1v) is 38.5. The van der Waals surface area contributed by atoms with Gasteiger partial charge in [-0.3, -0.25) is 0 Å². The molecule has 11 saturated carbocycles. The van der Waals surface area contributed by atoms with Gasteiger partial charge in [0.25, 0.3) is 0 Å². The molecular weight excluding hydrogens is 1190 g/mol. The van der Waals surface area contributed by atoms with E-state index in [2.05, 4.69) is 115 Å². The molecule has 6 N–H and O–H groups in total.